The van der Waals surface area contributed by atoms with E-state index in [1.807, 2.05) is 30.3 Å². The standard InChI is InChI=1S/C20H15N3O5/c24-16-10-11-22-18(12-16)21-20(13-19(22)25,14-4-2-1-3-5-14)15-6-8-17(9-7-15)28-23(26)27/h1-12,24H,13H2. The lowest BCUT2D eigenvalue weighted by Gasteiger charge is -2.38. The van der Waals surface area contributed by atoms with E-state index in [0.29, 0.717) is 11.4 Å². The molecule has 1 N–H and O–H groups in total. The van der Waals surface area contributed by atoms with Gasteiger partial charge in [-0.15, -0.1) is 10.1 Å². The van der Waals surface area contributed by atoms with Crippen molar-refractivity contribution in [3.63, 3.8) is 0 Å². The predicted molar refractivity (Wildman–Crippen MR) is 100 cm³/mol. The predicted octanol–water partition coefficient (Wildman–Crippen LogP) is 3.10. The van der Waals surface area contributed by atoms with E-state index in [9.17, 15) is 20.0 Å². The zero-order chi connectivity index (χ0) is 19.7. The fourth-order valence-electron chi connectivity index (χ4n) is 3.40. The van der Waals surface area contributed by atoms with E-state index in [4.69, 9.17) is 4.99 Å². The second-order valence-corrected chi connectivity index (χ2v) is 6.36. The van der Waals surface area contributed by atoms with Crippen molar-refractivity contribution in [3.8, 4) is 5.75 Å². The van der Waals surface area contributed by atoms with E-state index >= 15 is 0 Å². The molecule has 0 fully saturated rings. The molecular formula is C20H15N3O5. The summed E-state index contributed by atoms with van der Waals surface area (Å²) in [7, 11) is 0. The summed E-state index contributed by atoms with van der Waals surface area (Å²) in [6, 6.07) is 15.6. The number of aliphatic hydroxyl groups excluding tert-OH is 1. The minimum Gasteiger partial charge on any atom is -0.508 e. The largest absolute Gasteiger partial charge is 0.508 e. The van der Waals surface area contributed by atoms with Crippen LogP contribution in [-0.2, 0) is 10.3 Å². The lowest BCUT2D eigenvalue weighted by molar-refractivity contribution is -0.711. The molecule has 4 rings (SSSR count). The zero-order valence-electron chi connectivity index (χ0n) is 14.6. The molecule has 2 heterocycles. The SMILES string of the molecule is O=C1CC(c2ccccc2)(c2ccc(O[N+](=O)[O-])cc2)N=C2C=C(O)C=CN12. The van der Waals surface area contributed by atoms with E-state index in [-0.39, 0.29) is 23.8 Å². The van der Waals surface area contributed by atoms with E-state index in [1.165, 1.54) is 35.4 Å². The summed E-state index contributed by atoms with van der Waals surface area (Å²) in [6.45, 7) is 0. The summed E-state index contributed by atoms with van der Waals surface area (Å²) in [5.41, 5.74) is 0.442. The highest BCUT2D eigenvalue weighted by Gasteiger charge is 2.42. The molecule has 2 aliphatic rings. The Morgan fingerprint density at radius 3 is 2.46 bits per heavy atom. The van der Waals surface area contributed by atoms with Crippen molar-refractivity contribution in [2.45, 2.75) is 12.0 Å². The summed E-state index contributed by atoms with van der Waals surface area (Å²) in [5.74, 6) is 0.220. The Morgan fingerprint density at radius 2 is 1.79 bits per heavy atom. The molecule has 0 spiro atoms. The quantitative estimate of drug-likeness (QED) is 0.651. The summed E-state index contributed by atoms with van der Waals surface area (Å²) in [6.07, 6.45) is 4.41. The number of allylic oxidation sites excluding steroid dienone is 1. The van der Waals surface area contributed by atoms with Gasteiger partial charge in [-0.3, -0.25) is 19.5 Å². The Kier molecular flexibility index (Phi) is 4.15. The Morgan fingerprint density at radius 1 is 1.11 bits per heavy atom. The number of carbonyl (C=O) groups is 1. The van der Waals surface area contributed by atoms with Crippen molar-refractivity contribution in [1.82, 2.24) is 4.90 Å². The first-order chi connectivity index (χ1) is 13.5. The molecule has 1 unspecified atom stereocenters. The number of aliphatic hydroxyl groups is 1. The van der Waals surface area contributed by atoms with Crippen LogP contribution in [0.3, 0.4) is 0 Å². The van der Waals surface area contributed by atoms with Crippen molar-refractivity contribution in [1.29, 1.82) is 0 Å². The minimum atomic E-state index is -1.03. The zero-order valence-corrected chi connectivity index (χ0v) is 14.6. The molecular weight excluding hydrogens is 362 g/mol. The van der Waals surface area contributed by atoms with Gasteiger partial charge < -0.3 is 5.11 Å². The van der Waals surface area contributed by atoms with Crippen LogP contribution < -0.4 is 4.84 Å². The maximum Gasteiger partial charge on any atom is 0.299 e. The Hall–Kier alpha value is -3.94. The Labute approximate surface area is 159 Å². The average Bonchev–Trinajstić information content (AvgIpc) is 2.68. The van der Waals surface area contributed by atoms with Crippen LogP contribution in [0.4, 0.5) is 0 Å². The van der Waals surface area contributed by atoms with Gasteiger partial charge in [-0.2, -0.15) is 0 Å². The third kappa shape index (κ3) is 3.01. The van der Waals surface area contributed by atoms with Crippen molar-refractivity contribution in [2.24, 2.45) is 4.99 Å². The van der Waals surface area contributed by atoms with Gasteiger partial charge >= 0.3 is 0 Å². The number of hydrogen-bond donors (Lipinski definition) is 1. The van der Waals surface area contributed by atoms with Crippen molar-refractivity contribution >= 4 is 11.7 Å². The Balaban J connectivity index is 1.87. The molecule has 0 aromatic heterocycles. The first-order valence-corrected chi connectivity index (χ1v) is 8.47. The molecule has 1 atom stereocenters. The number of carbonyl (C=O) groups excluding carboxylic acids is 1. The van der Waals surface area contributed by atoms with E-state index < -0.39 is 10.6 Å². The van der Waals surface area contributed by atoms with Crippen LogP contribution in [0.25, 0.3) is 0 Å². The van der Waals surface area contributed by atoms with E-state index in [0.717, 1.165) is 5.56 Å². The number of hydrogen-bond acceptors (Lipinski definition) is 6. The summed E-state index contributed by atoms with van der Waals surface area (Å²) in [5, 5.41) is 19.5. The highest BCUT2D eigenvalue weighted by Crippen LogP contribution is 2.41. The fraction of sp³-hybridized carbons (Fsp3) is 0.100. The molecule has 0 saturated heterocycles. The first-order valence-electron chi connectivity index (χ1n) is 8.47. The fourth-order valence-corrected chi connectivity index (χ4v) is 3.40. The summed E-state index contributed by atoms with van der Waals surface area (Å²) < 4.78 is 0. The van der Waals surface area contributed by atoms with Gasteiger partial charge in [-0.05, 0) is 29.3 Å². The Bertz CT molecular complexity index is 1030. The van der Waals surface area contributed by atoms with Gasteiger partial charge in [0, 0.05) is 12.3 Å². The summed E-state index contributed by atoms with van der Waals surface area (Å²) >= 11 is 0. The van der Waals surface area contributed by atoms with Crippen LogP contribution >= 0.6 is 0 Å². The maximum atomic E-state index is 12.9. The molecule has 8 nitrogen and oxygen atoms in total. The van der Waals surface area contributed by atoms with Gasteiger partial charge in [0.15, 0.2) is 0 Å². The molecule has 2 aromatic rings. The molecule has 0 saturated carbocycles. The lowest BCUT2D eigenvalue weighted by Crippen LogP contribution is -2.45. The van der Waals surface area contributed by atoms with Gasteiger partial charge in [-0.1, -0.05) is 42.5 Å². The van der Waals surface area contributed by atoms with Crippen LogP contribution in [0.1, 0.15) is 17.5 Å². The van der Waals surface area contributed by atoms with E-state index in [1.54, 1.807) is 12.1 Å². The topological polar surface area (TPSA) is 105 Å². The van der Waals surface area contributed by atoms with Gasteiger partial charge in [0.25, 0.3) is 5.09 Å². The van der Waals surface area contributed by atoms with Crippen LogP contribution in [0.15, 0.2) is 83.7 Å². The molecule has 2 aromatic carbocycles. The van der Waals surface area contributed by atoms with Crippen LogP contribution in [0.2, 0.25) is 0 Å². The number of aliphatic imine (C=N–C) groups is 1. The molecule has 0 bridgehead atoms. The third-order valence-electron chi connectivity index (χ3n) is 4.66. The maximum absolute atomic E-state index is 12.9. The number of rotatable bonds is 4. The number of benzene rings is 2. The monoisotopic (exact) mass is 377 g/mol. The van der Waals surface area contributed by atoms with Crippen molar-refractivity contribution < 1.29 is 19.8 Å². The van der Waals surface area contributed by atoms with Gasteiger partial charge in [0.2, 0.25) is 5.91 Å². The van der Waals surface area contributed by atoms with Crippen molar-refractivity contribution in [3.05, 3.63) is 99.9 Å². The smallest absolute Gasteiger partial charge is 0.299 e. The second-order valence-electron chi connectivity index (χ2n) is 6.36. The summed E-state index contributed by atoms with van der Waals surface area (Å²) in [4.78, 5) is 34.1. The van der Waals surface area contributed by atoms with Crippen molar-refractivity contribution in [2.75, 3.05) is 0 Å². The normalized spacial score (nSPS) is 20.9. The molecule has 0 aliphatic carbocycles. The average molecular weight is 377 g/mol. The highest BCUT2D eigenvalue weighted by atomic mass is 17.0. The molecule has 28 heavy (non-hydrogen) atoms. The van der Waals surface area contributed by atoms with Gasteiger partial charge in [0.05, 0.1) is 6.42 Å². The molecule has 2 aliphatic heterocycles. The molecule has 1 amide bonds. The van der Waals surface area contributed by atoms with Crippen LogP contribution in [-0.4, -0.2) is 26.8 Å². The highest BCUT2D eigenvalue weighted by molar-refractivity contribution is 6.09. The first kappa shape index (κ1) is 17.5. The minimum absolute atomic E-state index is 0.00129. The van der Waals surface area contributed by atoms with Gasteiger partial charge in [0.1, 0.15) is 22.9 Å². The van der Waals surface area contributed by atoms with Crippen LogP contribution in [0.5, 0.6) is 5.75 Å². The molecule has 140 valence electrons. The number of amidine groups is 1. The number of amides is 1. The molecule has 8 heteroatoms. The number of fused-ring (bicyclic) bond motifs is 1. The molecule has 0 radical (unpaired) electrons. The third-order valence-corrected chi connectivity index (χ3v) is 4.66. The van der Waals surface area contributed by atoms with E-state index in [2.05, 4.69) is 4.84 Å². The second kappa shape index (κ2) is 6.66. The lowest BCUT2D eigenvalue weighted by atomic mass is 9.79. The van der Waals surface area contributed by atoms with Gasteiger partial charge in [-0.25, -0.2) is 0 Å². The van der Waals surface area contributed by atoms with Crippen LogP contribution in [0, 0.1) is 10.1 Å². The number of nitrogens with zero attached hydrogens (tertiary/aromatic N) is 3.